The topological polar surface area (TPSA) is 0 Å². The minimum absolute atomic E-state index is 0.924. The molecule has 1 fully saturated rings. The van der Waals surface area contributed by atoms with Crippen LogP contribution in [0.3, 0.4) is 0 Å². The van der Waals surface area contributed by atoms with Crippen molar-refractivity contribution in [3.8, 4) is 0 Å². The molecular weight excluding hydrogens is 124 g/mol. The van der Waals surface area contributed by atoms with Crippen LogP contribution in [0.4, 0.5) is 0 Å². The molecule has 1 saturated heterocycles. The molecule has 1 atom stereocenters. The lowest BCUT2D eigenvalue weighted by Crippen LogP contribution is -1.97. The van der Waals surface area contributed by atoms with E-state index in [-0.39, 0.29) is 0 Å². The monoisotopic (exact) mass is 134 g/mol. The zero-order valence-corrected chi connectivity index (χ0v) is 5.97. The highest BCUT2D eigenvalue weighted by molar-refractivity contribution is 7.99. The van der Waals surface area contributed by atoms with Crippen molar-refractivity contribution in [2.45, 2.75) is 6.42 Å². The summed E-state index contributed by atoms with van der Waals surface area (Å²) in [6.45, 7) is 0. The molecule has 1 aliphatic heterocycles. The second-order valence-corrected chi connectivity index (χ2v) is 3.43. The molecule has 0 bridgehead atoms. The Morgan fingerprint density at radius 2 is 2.57 bits per heavy atom. The summed E-state index contributed by atoms with van der Waals surface area (Å²) in [4.78, 5) is 0. The Morgan fingerprint density at radius 1 is 1.71 bits per heavy atom. The standard InChI is InChI=1S/C5H10S2/c6-3-5-1-2-7-4-5/h5-6H,1-4H2. The van der Waals surface area contributed by atoms with Crippen LogP contribution in [-0.2, 0) is 0 Å². The average Bonchev–Trinajstić information content (AvgIpc) is 2.14. The largest absolute Gasteiger partial charge is 0.179 e. The summed E-state index contributed by atoms with van der Waals surface area (Å²) in [5.41, 5.74) is 0. The third-order valence-corrected chi connectivity index (χ3v) is 3.03. The molecule has 0 aliphatic carbocycles. The van der Waals surface area contributed by atoms with Gasteiger partial charge in [-0.3, -0.25) is 0 Å². The van der Waals surface area contributed by atoms with Crippen LogP contribution in [0.25, 0.3) is 0 Å². The first-order valence-electron chi connectivity index (χ1n) is 2.62. The van der Waals surface area contributed by atoms with Gasteiger partial charge in [0.1, 0.15) is 0 Å². The molecule has 42 valence electrons. The van der Waals surface area contributed by atoms with Gasteiger partial charge in [-0.2, -0.15) is 24.4 Å². The van der Waals surface area contributed by atoms with Gasteiger partial charge in [0.2, 0.25) is 0 Å². The van der Waals surface area contributed by atoms with E-state index < -0.39 is 0 Å². The van der Waals surface area contributed by atoms with Gasteiger partial charge in [0.25, 0.3) is 0 Å². The molecule has 1 aliphatic rings. The summed E-state index contributed by atoms with van der Waals surface area (Å²) < 4.78 is 0. The van der Waals surface area contributed by atoms with E-state index in [9.17, 15) is 0 Å². The van der Waals surface area contributed by atoms with E-state index in [1.807, 2.05) is 0 Å². The molecule has 0 nitrogen and oxygen atoms in total. The normalized spacial score (nSPS) is 31.3. The van der Waals surface area contributed by atoms with Gasteiger partial charge in [-0.15, -0.1) is 0 Å². The number of thiol groups is 1. The predicted octanol–water partition coefficient (Wildman–Crippen LogP) is 1.67. The molecule has 0 aromatic rings. The summed E-state index contributed by atoms with van der Waals surface area (Å²) >= 11 is 6.26. The van der Waals surface area contributed by atoms with E-state index in [2.05, 4.69) is 24.4 Å². The van der Waals surface area contributed by atoms with Gasteiger partial charge >= 0.3 is 0 Å². The molecule has 0 spiro atoms. The molecule has 0 N–H and O–H groups in total. The van der Waals surface area contributed by atoms with Gasteiger partial charge in [0.05, 0.1) is 0 Å². The van der Waals surface area contributed by atoms with Gasteiger partial charge in [-0.05, 0) is 29.6 Å². The maximum absolute atomic E-state index is 4.20. The fourth-order valence-corrected chi connectivity index (χ4v) is 2.50. The van der Waals surface area contributed by atoms with Crippen LogP contribution in [0.1, 0.15) is 6.42 Å². The van der Waals surface area contributed by atoms with Gasteiger partial charge in [0, 0.05) is 0 Å². The highest BCUT2D eigenvalue weighted by Gasteiger charge is 2.12. The Balaban J connectivity index is 2.14. The molecule has 0 radical (unpaired) electrons. The molecule has 0 aromatic carbocycles. The van der Waals surface area contributed by atoms with E-state index in [1.165, 1.54) is 17.9 Å². The maximum Gasteiger partial charge on any atom is -0.00310 e. The second kappa shape index (κ2) is 2.88. The first-order valence-corrected chi connectivity index (χ1v) is 4.41. The van der Waals surface area contributed by atoms with Crippen LogP contribution >= 0.6 is 24.4 Å². The summed E-state index contributed by atoms with van der Waals surface area (Å²) in [6, 6.07) is 0. The van der Waals surface area contributed by atoms with E-state index in [0.717, 1.165) is 11.7 Å². The Kier molecular flexibility index (Phi) is 2.40. The number of hydrogen-bond acceptors (Lipinski definition) is 2. The van der Waals surface area contributed by atoms with Crippen molar-refractivity contribution in [1.29, 1.82) is 0 Å². The Labute approximate surface area is 54.5 Å². The third-order valence-electron chi connectivity index (χ3n) is 1.28. The van der Waals surface area contributed by atoms with E-state index in [0.29, 0.717) is 0 Å². The summed E-state index contributed by atoms with van der Waals surface area (Å²) in [5, 5.41) is 0. The molecule has 0 saturated carbocycles. The highest BCUT2D eigenvalue weighted by atomic mass is 32.2. The Morgan fingerprint density at radius 3 is 2.86 bits per heavy atom. The second-order valence-electron chi connectivity index (χ2n) is 1.91. The van der Waals surface area contributed by atoms with Crippen LogP contribution < -0.4 is 0 Å². The van der Waals surface area contributed by atoms with Gasteiger partial charge in [-0.25, -0.2) is 0 Å². The third kappa shape index (κ3) is 1.57. The molecule has 7 heavy (non-hydrogen) atoms. The average molecular weight is 134 g/mol. The minimum Gasteiger partial charge on any atom is -0.179 e. The molecule has 1 rings (SSSR count). The smallest absolute Gasteiger partial charge is 0.00310 e. The van der Waals surface area contributed by atoms with Crippen molar-refractivity contribution in [2.75, 3.05) is 17.3 Å². The lowest BCUT2D eigenvalue weighted by molar-refractivity contribution is 0.683. The van der Waals surface area contributed by atoms with E-state index in [1.54, 1.807) is 0 Å². The molecule has 1 heterocycles. The summed E-state index contributed by atoms with van der Waals surface area (Å²) in [5.74, 6) is 4.73. The summed E-state index contributed by atoms with van der Waals surface area (Å²) in [6.07, 6.45) is 1.40. The van der Waals surface area contributed by atoms with Gasteiger partial charge < -0.3 is 0 Å². The lowest BCUT2D eigenvalue weighted by Gasteiger charge is -1.97. The SMILES string of the molecule is SCC1CCSC1. The van der Waals surface area contributed by atoms with Crippen molar-refractivity contribution in [1.82, 2.24) is 0 Å². The maximum atomic E-state index is 4.20. The van der Waals surface area contributed by atoms with Crippen LogP contribution in [0, 0.1) is 5.92 Å². The van der Waals surface area contributed by atoms with E-state index in [4.69, 9.17) is 0 Å². The lowest BCUT2D eigenvalue weighted by atomic mass is 10.2. The van der Waals surface area contributed by atoms with Crippen LogP contribution in [-0.4, -0.2) is 17.3 Å². The van der Waals surface area contributed by atoms with E-state index >= 15 is 0 Å². The van der Waals surface area contributed by atoms with Crippen LogP contribution in [0.2, 0.25) is 0 Å². The molecule has 2 heteroatoms. The van der Waals surface area contributed by atoms with Crippen LogP contribution in [0.15, 0.2) is 0 Å². The van der Waals surface area contributed by atoms with Crippen molar-refractivity contribution >= 4 is 24.4 Å². The fraction of sp³-hybridized carbons (Fsp3) is 1.00. The summed E-state index contributed by atoms with van der Waals surface area (Å²) in [7, 11) is 0. The first-order chi connectivity index (χ1) is 3.43. The predicted molar refractivity (Wildman–Crippen MR) is 39.3 cm³/mol. The van der Waals surface area contributed by atoms with Crippen LogP contribution in [0.5, 0.6) is 0 Å². The number of hydrogen-bond donors (Lipinski definition) is 1. The van der Waals surface area contributed by atoms with Crippen molar-refractivity contribution in [3.05, 3.63) is 0 Å². The number of rotatable bonds is 1. The first kappa shape index (κ1) is 5.83. The molecular formula is C5H10S2. The fourth-order valence-electron chi connectivity index (χ4n) is 0.727. The zero-order chi connectivity index (χ0) is 5.11. The molecule has 0 amide bonds. The quantitative estimate of drug-likeness (QED) is 0.532. The zero-order valence-electron chi connectivity index (χ0n) is 4.26. The number of thioether (sulfide) groups is 1. The minimum atomic E-state index is 0.924. The highest BCUT2D eigenvalue weighted by Crippen LogP contribution is 2.23. The van der Waals surface area contributed by atoms with Crippen molar-refractivity contribution in [2.24, 2.45) is 5.92 Å². The van der Waals surface area contributed by atoms with Crippen molar-refractivity contribution in [3.63, 3.8) is 0 Å². The Hall–Kier alpha value is 0.700. The van der Waals surface area contributed by atoms with Crippen molar-refractivity contribution < 1.29 is 0 Å². The molecule has 0 aromatic heterocycles. The van der Waals surface area contributed by atoms with Gasteiger partial charge in [0.15, 0.2) is 0 Å². The van der Waals surface area contributed by atoms with Gasteiger partial charge in [-0.1, -0.05) is 0 Å². The Bertz CT molecular complexity index is 48.0. The molecule has 1 unspecified atom stereocenters.